The van der Waals surface area contributed by atoms with Crippen LogP contribution in [0.15, 0.2) is 90.5 Å². The van der Waals surface area contributed by atoms with Gasteiger partial charge in [-0.1, -0.05) is 85.0 Å². The van der Waals surface area contributed by atoms with Gasteiger partial charge in [0.05, 0.1) is 12.5 Å². The zero-order valence-corrected chi connectivity index (χ0v) is 17.8. The molecule has 0 heterocycles. The fourth-order valence-corrected chi connectivity index (χ4v) is 3.51. The van der Waals surface area contributed by atoms with E-state index in [1.165, 1.54) is 0 Å². The Labute approximate surface area is 183 Å². The molecular formula is C27H28O4. The summed E-state index contributed by atoms with van der Waals surface area (Å²) in [6.07, 6.45) is 10.5. The van der Waals surface area contributed by atoms with Crippen LogP contribution >= 0.6 is 0 Å². The van der Waals surface area contributed by atoms with Crippen LogP contribution < -0.4 is 0 Å². The lowest BCUT2D eigenvalue weighted by atomic mass is 9.87. The summed E-state index contributed by atoms with van der Waals surface area (Å²) in [7, 11) is 1.65. The number of hydrogen-bond donors (Lipinski definition) is 0. The second-order valence-corrected chi connectivity index (χ2v) is 7.46. The number of carbonyl (C=O) groups excluding carboxylic acids is 2. The lowest BCUT2D eigenvalue weighted by Crippen LogP contribution is -2.17. The third kappa shape index (κ3) is 7.19. The predicted octanol–water partition coefficient (Wildman–Crippen LogP) is 5.28. The van der Waals surface area contributed by atoms with Crippen molar-refractivity contribution in [3.05, 3.63) is 102 Å². The maximum atomic E-state index is 12.9. The van der Waals surface area contributed by atoms with Crippen molar-refractivity contribution < 1.29 is 19.1 Å². The Morgan fingerprint density at radius 3 is 2.39 bits per heavy atom. The van der Waals surface area contributed by atoms with E-state index in [4.69, 9.17) is 9.47 Å². The maximum absolute atomic E-state index is 12.9. The summed E-state index contributed by atoms with van der Waals surface area (Å²) in [6, 6.07) is 19.5. The molecule has 160 valence electrons. The molecule has 0 saturated heterocycles. The van der Waals surface area contributed by atoms with Gasteiger partial charge in [0.15, 0.2) is 5.78 Å². The molecule has 0 saturated carbocycles. The second-order valence-electron chi connectivity index (χ2n) is 7.46. The van der Waals surface area contributed by atoms with Crippen LogP contribution in [0.1, 0.15) is 36.3 Å². The molecule has 0 radical (unpaired) electrons. The Balaban J connectivity index is 1.58. The topological polar surface area (TPSA) is 52.6 Å². The molecule has 2 aromatic carbocycles. The average Bonchev–Trinajstić information content (AvgIpc) is 2.82. The van der Waals surface area contributed by atoms with Gasteiger partial charge < -0.3 is 9.47 Å². The monoisotopic (exact) mass is 416 g/mol. The van der Waals surface area contributed by atoms with Gasteiger partial charge in [0, 0.05) is 25.0 Å². The largest absolute Gasteiger partial charge is 0.461 e. The first kappa shape index (κ1) is 22.4. The standard InChI is InChI=1S/C27H28O4/c1-30-25-16-14-23(15-17-25)26(28)19-24(22-12-6-3-7-13-22)20-27(29)31-18-8-11-21-9-4-2-5-10-21/h2-16,24-25H,17-20H2,1H3/b11-8+. The highest BCUT2D eigenvalue weighted by Crippen LogP contribution is 2.27. The molecule has 2 unspecified atom stereocenters. The van der Waals surface area contributed by atoms with E-state index in [1.807, 2.05) is 91.0 Å². The molecule has 0 aliphatic heterocycles. The van der Waals surface area contributed by atoms with Crippen LogP contribution in [0.3, 0.4) is 0 Å². The Kier molecular flexibility index (Phi) is 8.56. The van der Waals surface area contributed by atoms with E-state index in [-0.39, 0.29) is 43.2 Å². The molecule has 31 heavy (non-hydrogen) atoms. The molecule has 1 aliphatic carbocycles. The van der Waals surface area contributed by atoms with Crippen molar-refractivity contribution in [1.82, 2.24) is 0 Å². The highest BCUT2D eigenvalue weighted by molar-refractivity contribution is 5.98. The van der Waals surface area contributed by atoms with Crippen molar-refractivity contribution in [2.75, 3.05) is 13.7 Å². The van der Waals surface area contributed by atoms with Crippen LogP contribution in [0.25, 0.3) is 6.08 Å². The number of methoxy groups -OCH3 is 1. The number of Topliss-reactive ketones (excluding diaryl/α,β-unsaturated/α-hetero) is 1. The van der Waals surface area contributed by atoms with Gasteiger partial charge in [-0.05, 0) is 23.6 Å². The number of hydrogen-bond acceptors (Lipinski definition) is 4. The molecule has 2 atom stereocenters. The van der Waals surface area contributed by atoms with Crippen molar-refractivity contribution in [3.63, 3.8) is 0 Å². The minimum Gasteiger partial charge on any atom is -0.461 e. The van der Waals surface area contributed by atoms with Crippen LogP contribution in [-0.4, -0.2) is 31.6 Å². The number of ether oxygens (including phenoxy) is 2. The van der Waals surface area contributed by atoms with E-state index in [9.17, 15) is 9.59 Å². The normalized spacial score (nSPS) is 16.7. The number of esters is 1. The van der Waals surface area contributed by atoms with Crippen LogP contribution in [0.2, 0.25) is 0 Å². The number of ketones is 1. The van der Waals surface area contributed by atoms with E-state index < -0.39 is 0 Å². The molecular weight excluding hydrogens is 388 g/mol. The molecule has 4 heteroatoms. The molecule has 3 rings (SSSR count). The van der Waals surface area contributed by atoms with Crippen LogP contribution in [0, 0.1) is 0 Å². The summed E-state index contributed by atoms with van der Waals surface area (Å²) in [6.45, 7) is 0.204. The van der Waals surface area contributed by atoms with E-state index in [0.717, 1.165) is 11.1 Å². The molecule has 1 aliphatic rings. The van der Waals surface area contributed by atoms with E-state index >= 15 is 0 Å². The van der Waals surface area contributed by atoms with Crippen molar-refractivity contribution in [3.8, 4) is 0 Å². The lowest BCUT2D eigenvalue weighted by Gasteiger charge is -2.18. The number of allylic oxidation sites excluding steroid dienone is 2. The maximum Gasteiger partial charge on any atom is 0.306 e. The van der Waals surface area contributed by atoms with Crippen LogP contribution in [0.5, 0.6) is 0 Å². The second kappa shape index (κ2) is 11.8. The van der Waals surface area contributed by atoms with Crippen LogP contribution in [0.4, 0.5) is 0 Å². The van der Waals surface area contributed by atoms with Crippen molar-refractivity contribution >= 4 is 17.8 Å². The molecule has 0 N–H and O–H groups in total. The number of rotatable bonds is 10. The highest BCUT2D eigenvalue weighted by atomic mass is 16.5. The molecule has 0 fully saturated rings. The van der Waals surface area contributed by atoms with Gasteiger partial charge in [-0.3, -0.25) is 9.59 Å². The molecule has 2 aromatic rings. The predicted molar refractivity (Wildman–Crippen MR) is 122 cm³/mol. The average molecular weight is 417 g/mol. The van der Waals surface area contributed by atoms with Gasteiger partial charge in [0.2, 0.25) is 0 Å². The smallest absolute Gasteiger partial charge is 0.306 e. The summed E-state index contributed by atoms with van der Waals surface area (Å²) in [4.78, 5) is 25.3. The quantitative estimate of drug-likeness (QED) is 0.495. The Morgan fingerprint density at radius 2 is 1.74 bits per heavy atom. The van der Waals surface area contributed by atoms with Gasteiger partial charge in [-0.15, -0.1) is 0 Å². The molecule has 0 bridgehead atoms. The summed E-state index contributed by atoms with van der Waals surface area (Å²) < 4.78 is 10.7. The molecule has 4 nitrogen and oxygen atoms in total. The number of benzene rings is 2. The van der Waals surface area contributed by atoms with Crippen molar-refractivity contribution in [2.24, 2.45) is 0 Å². The molecule has 0 spiro atoms. The van der Waals surface area contributed by atoms with Gasteiger partial charge in [-0.2, -0.15) is 0 Å². The van der Waals surface area contributed by atoms with Gasteiger partial charge >= 0.3 is 5.97 Å². The minimum absolute atomic E-state index is 0.0142. The van der Waals surface area contributed by atoms with E-state index in [0.29, 0.717) is 12.0 Å². The van der Waals surface area contributed by atoms with Gasteiger partial charge in [-0.25, -0.2) is 0 Å². The zero-order valence-electron chi connectivity index (χ0n) is 17.8. The van der Waals surface area contributed by atoms with Crippen molar-refractivity contribution in [1.29, 1.82) is 0 Å². The highest BCUT2D eigenvalue weighted by Gasteiger charge is 2.22. The van der Waals surface area contributed by atoms with Crippen LogP contribution in [-0.2, 0) is 19.1 Å². The summed E-state index contributed by atoms with van der Waals surface area (Å²) in [5, 5.41) is 0. The summed E-state index contributed by atoms with van der Waals surface area (Å²) >= 11 is 0. The SMILES string of the molecule is COC1C=CC(C(=O)CC(CC(=O)OC/C=C/c2ccccc2)c2ccccc2)=CC1. The summed E-state index contributed by atoms with van der Waals surface area (Å²) in [5.74, 6) is -0.517. The first-order valence-electron chi connectivity index (χ1n) is 10.5. The Bertz CT molecular complexity index is 942. The fraction of sp³-hybridized carbons (Fsp3) is 0.259. The summed E-state index contributed by atoms with van der Waals surface area (Å²) in [5.41, 5.74) is 2.69. The minimum atomic E-state index is -0.313. The van der Waals surface area contributed by atoms with Gasteiger partial charge in [0.1, 0.15) is 6.61 Å². The Morgan fingerprint density at radius 1 is 1.03 bits per heavy atom. The van der Waals surface area contributed by atoms with Gasteiger partial charge in [0.25, 0.3) is 0 Å². The van der Waals surface area contributed by atoms with E-state index in [1.54, 1.807) is 7.11 Å². The molecule has 0 amide bonds. The molecule has 0 aromatic heterocycles. The first-order chi connectivity index (χ1) is 15.2. The van der Waals surface area contributed by atoms with E-state index in [2.05, 4.69) is 0 Å². The third-order valence-electron chi connectivity index (χ3n) is 5.25. The van der Waals surface area contributed by atoms with Crippen molar-refractivity contribution in [2.45, 2.75) is 31.3 Å². The number of carbonyl (C=O) groups is 2. The third-order valence-corrected chi connectivity index (χ3v) is 5.25. The fourth-order valence-electron chi connectivity index (χ4n) is 3.51. The Hall–Kier alpha value is -3.24. The first-order valence-corrected chi connectivity index (χ1v) is 10.5. The lowest BCUT2D eigenvalue weighted by molar-refractivity contribution is -0.142. The zero-order chi connectivity index (χ0) is 21.9.